The van der Waals surface area contributed by atoms with E-state index in [2.05, 4.69) is 10.5 Å². The molecule has 1 saturated heterocycles. The van der Waals surface area contributed by atoms with E-state index in [-0.39, 0.29) is 11.7 Å². The van der Waals surface area contributed by atoms with E-state index in [0.717, 1.165) is 11.1 Å². The van der Waals surface area contributed by atoms with Crippen LogP contribution in [0.4, 0.5) is 5.69 Å². The van der Waals surface area contributed by atoms with Crippen LogP contribution in [0.15, 0.2) is 23.4 Å². The number of nitrogens with zero attached hydrogens (tertiary/aromatic N) is 1. The first-order valence-electron chi connectivity index (χ1n) is 6.93. The zero-order valence-corrected chi connectivity index (χ0v) is 12.3. The number of oxime groups is 1. The van der Waals surface area contributed by atoms with Crippen LogP contribution in [0.5, 0.6) is 0 Å². The smallest absolute Gasteiger partial charge is 0.238 e. The monoisotopic (exact) mass is 291 g/mol. The number of benzene rings is 1. The second-order valence-electron chi connectivity index (χ2n) is 5.51. The van der Waals surface area contributed by atoms with Crippen LogP contribution in [-0.2, 0) is 9.53 Å². The summed E-state index contributed by atoms with van der Waals surface area (Å²) in [4.78, 5) is 12.7. The van der Waals surface area contributed by atoms with Crippen LogP contribution in [0.2, 0.25) is 0 Å². The molecule has 1 aromatic rings. The van der Waals surface area contributed by atoms with Crippen molar-refractivity contribution in [3.8, 4) is 0 Å². The third-order valence-electron chi connectivity index (χ3n) is 3.86. The Bertz CT molecular complexity index is 543. The topological polar surface area (TPSA) is 96.9 Å². The highest BCUT2D eigenvalue weighted by molar-refractivity contribution is 6.12. The Balaban J connectivity index is 2.26. The predicted molar refractivity (Wildman–Crippen MR) is 80.4 cm³/mol. The number of nitrogens with two attached hydrogens (primary N) is 1. The van der Waals surface area contributed by atoms with E-state index in [0.29, 0.717) is 31.7 Å². The number of anilines is 1. The number of nitrogens with one attached hydrogen (secondary N) is 1. The normalized spacial score (nSPS) is 18.3. The highest BCUT2D eigenvalue weighted by Gasteiger charge is 2.44. The third kappa shape index (κ3) is 3.16. The van der Waals surface area contributed by atoms with Crippen LogP contribution in [0, 0.1) is 19.3 Å². The minimum Gasteiger partial charge on any atom is -0.409 e. The van der Waals surface area contributed by atoms with Gasteiger partial charge in [-0.2, -0.15) is 0 Å². The molecule has 6 nitrogen and oxygen atoms in total. The van der Waals surface area contributed by atoms with Crippen LogP contribution in [0.25, 0.3) is 0 Å². The van der Waals surface area contributed by atoms with Crippen LogP contribution >= 0.6 is 0 Å². The summed E-state index contributed by atoms with van der Waals surface area (Å²) in [5.74, 6) is -0.321. The summed E-state index contributed by atoms with van der Waals surface area (Å²) in [6.07, 6.45) is 0.805. The van der Waals surface area contributed by atoms with Gasteiger partial charge in [-0.3, -0.25) is 4.79 Å². The van der Waals surface area contributed by atoms with Crippen LogP contribution < -0.4 is 11.1 Å². The molecule has 0 aliphatic carbocycles. The van der Waals surface area contributed by atoms with Gasteiger partial charge in [0.1, 0.15) is 5.41 Å². The first-order chi connectivity index (χ1) is 9.98. The molecule has 0 spiro atoms. The summed E-state index contributed by atoms with van der Waals surface area (Å²) in [6.45, 7) is 4.76. The second kappa shape index (κ2) is 6.13. The number of hydrogen-bond acceptors (Lipinski definition) is 4. The first kappa shape index (κ1) is 15.3. The van der Waals surface area contributed by atoms with Crippen LogP contribution in [0.3, 0.4) is 0 Å². The van der Waals surface area contributed by atoms with Gasteiger partial charge in [-0.15, -0.1) is 0 Å². The fourth-order valence-electron chi connectivity index (χ4n) is 2.71. The molecular formula is C15H21N3O3. The zero-order chi connectivity index (χ0) is 15.5. The molecule has 114 valence electrons. The standard InChI is InChI=1S/C15H21N3O3/c1-10-7-11(2)9-12(8-10)17-14(19)15(13(16)18-20)3-5-21-6-4-15/h7-9,20H,3-6H2,1-2H3,(H2,16,18)(H,17,19). The number of carbonyl (C=O) groups is 1. The van der Waals surface area contributed by atoms with E-state index in [9.17, 15) is 4.79 Å². The Kier molecular flexibility index (Phi) is 4.47. The van der Waals surface area contributed by atoms with Gasteiger partial charge < -0.3 is 21.0 Å². The van der Waals surface area contributed by atoms with E-state index in [1.54, 1.807) is 0 Å². The van der Waals surface area contributed by atoms with Crippen LogP contribution in [-0.4, -0.2) is 30.2 Å². The molecule has 2 rings (SSSR count). The van der Waals surface area contributed by atoms with Crippen molar-refractivity contribution < 1.29 is 14.7 Å². The summed E-state index contributed by atoms with van der Waals surface area (Å²) >= 11 is 0. The molecule has 0 atom stereocenters. The van der Waals surface area contributed by atoms with Gasteiger partial charge in [-0.1, -0.05) is 11.2 Å². The lowest BCUT2D eigenvalue weighted by molar-refractivity contribution is -0.126. The van der Waals surface area contributed by atoms with E-state index < -0.39 is 5.41 Å². The van der Waals surface area contributed by atoms with Crippen molar-refractivity contribution in [2.45, 2.75) is 26.7 Å². The molecule has 1 fully saturated rings. The summed E-state index contributed by atoms with van der Waals surface area (Å²) in [5, 5.41) is 14.9. The molecule has 1 aliphatic rings. The van der Waals surface area contributed by atoms with E-state index in [1.807, 2.05) is 32.0 Å². The Morgan fingerprint density at radius 1 is 1.29 bits per heavy atom. The molecule has 21 heavy (non-hydrogen) atoms. The maximum absolute atomic E-state index is 12.7. The Labute approximate surface area is 124 Å². The van der Waals surface area contributed by atoms with Gasteiger partial charge >= 0.3 is 0 Å². The van der Waals surface area contributed by atoms with Crippen molar-refractivity contribution in [3.05, 3.63) is 29.3 Å². The van der Waals surface area contributed by atoms with Gasteiger partial charge in [0, 0.05) is 18.9 Å². The molecular weight excluding hydrogens is 270 g/mol. The fourth-order valence-corrected chi connectivity index (χ4v) is 2.71. The average Bonchev–Trinajstić information content (AvgIpc) is 2.46. The Morgan fingerprint density at radius 3 is 2.38 bits per heavy atom. The number of hydrogen-bond donors (Lipinski definition) is 3. The molecule has 0 unspecified atom stereocenters. The predicted octanol–water partition coefficient (Wildman–Crippen LogP) is 1.79. The molecule has 0 saturated carbocycles. The average molecular weight is 291 g/mol. The van der Waals surface area contributed by atoms with Crippen molar-refractivity contribution in [3.63, 3.8) is 0 Å². The Morgan fingerprint density at radius 2 is 1.86 bits per heavy atom. The number of amides is 1. The molecule has 1 aliphatic heterocycles. The minimum atomic E-state index is -1.01. The van der Waals surface area contributed by atoms with E-state index in [4.69, 9.17) is 15.7 Å². The second-order valence-corrected chi connectivity index (χ2v) is 5.51. The number of rotatable bonds is 3. The summed E-state index contributed by atoms with van der Waals surface area (Å²) in [6, 6.07) is 5.82. The quantitative estimate of drug-likeness (QED) is 0.342. The number of ether oxygens (including phenoxy) is 1. The van der Waals surface area contributed by atoms with Crippen molar-refractivity contribution in [2.75, 3.05) is 18.5 Å². The largest absolute Gasteiger partial charge is 0.409 e. The lowest BCUT2D eigenvalue weighted by Crippen LogP contribution is -2.50. The van der Waals surface area contributed by atoms with Crippen molar-refractivity contribution >= 4 is 17.4 Å². The lowest BCUT2D eigenvalue weighted by Gasteiger charge is -2.34. The SMILES string of the molecule is Cc1cc(C)cc(NC(=O)C2(C(N)=NO)CCOCC2)c1. The molecule has 1 amide bonds. The zero-order valence-electron chi connectivity index (χ0n) is 12.3. The van der Waals surface area contributed by atoms with Gasteiger partial charge in [-0.05, 0) is 49.9 Å². The maximum Gasteiger partial charge on any atom is 0.238 e. The highest BCUT2D eigenvalue weighted by atomic mass is 16.5. The maximum atomic E-state index is 12.7. The van der Waals surface area contributed by atoms with Crippen molar-refractivity contribution in [2.24, 2.45) is 16.3 Å². The van der Waals surface area contributed by atoms with Crippen molar-refractivity contribution in [1.82, 2.24) is 0 Å². The molecule has 1 heterocycles. The minimum absolute atomic E-state index is 0.0623. The fraction of sp³-hybridized carbons (Fsp3) is 0.467. The van der Waals surface area contributed by atoms with Gasteiger partial charge in [-0.25, -0.2) is 0 Å². The molecule has 0 aromatic heterocycles. The van der Waals surface area contributed by atoms with Crippen LogP contribution in [0.1, 0.15) is 24.0 Å². The molecule has 6 heteroatoms. The summed E-state index contributed by atoms with van der Waals surface area (Å²) in [5.41, 5.74) is 7.62. The highest BCUT2D eigenvalue weighted by Crippen LogP contribution is 2.32. The third-order valence-corrected chi connectivity index (χ3v) is 3.86. The van der Waals surface area contributed by atoms with Gasteiger partial charge in [0.25, 0.3) is 0 Å². The molecule has 1 aromatic carbocycles. The number of aryl methyl sites for hydroxylation is 2. The van der Waals surface area contributed by atoms with E-state index >= 15 is 0 Å². The van der Waals surface area contributed by atoms with Gasteiger partial charge in [0.2, 0.25) is 5.91 Å². The van der Waals surface area contributed by atoms with Gasteiger partial charge in [0.15, 0.2) is 5.84 Å². The Hall–Kier alpha value is -2.08. The summed E-state index contributed by atoms with van der Waals surface area (Å²) in [7, 11) is 0. The summed E-state index contributed by atoms with van der Waals surface area (Å²) < 4.78 is 5.29. The van der Waals surface area contributed by atoms with Crippen molar-refractivity contribution in [1.29, 1.82) is 0 Å². The first-order valence-corrected chi connectivity index (χ1v) is 6.93. The number of amidine groups is 1. The molecule has 0 radical (unpaired) electrons. The molecule has 4 N–H and O–H groups in total. The van der Waals surface area contributed by atoms with E-state index in [1.165, 1.54) is 0 Å². The lowest BCUT2D eigenvalue weighted by atomic mass is 9.78. The molecule has 0 bridgehead atoms. The van der Waals surface area contributed by atoms with Gasteiger partial charge in [0.05, 0.1) is 0 Å². The number of carbonyl (C=O) groups excluding carboxylic acids is 1.